The third kappa shape index (κ3) is 3.99. The number of ketones is 1. The average molecular weight is 526 g/mol. The average Bonchev–Trinajstić information content (AvgIpc) is 3.26. The van der Waals surface area contributed by atoms with E-state index in [-0.39, 0.29) is 35.0 Å². The van der Waals surface area contributed by atoms with Crippen LogP contribution in [0.3, 0.4) is 0 Å². The summed E-state index contributed by atoms with van der Waals surface area (Å²) in [4.78, 5) is 42.0. The number of ether oxygens (including phenoxy) is 5. The van der Waals surface area contributed by atoms with E-state index in [0.29, 0.717) is 45.0 Å². The van der Waals surface area contributed by atoms with Crippen LogP contribution in [0.15, 0.2) is 65.2 Å². The van der Waals surface area contributed by atoms with Gasteiger partial charge < -0.3 is 28.7 Å². The van der Waals surface area contributed by atoms with Crippen LogP contribution in [0, 0.1) is 0 Å². The zero-order valence-electron chi connectivity index (χ0n) is 21.3. The summed E-state index contributed by atoms with van der Waals surface area (Å²) in [5.74, 6) is 0.422. The molecule has 0 bridgehead atoms. The van der Waals surface area contributed by atoms with E-state index in [4.69, 9.17) is 23.7 Å². The summed E-state index contributed by atoms with van der Waals surface area (Å²) in [6.07, 6.45) is 1.48. The molecule has 196 valence electrons. The number of carbonyl (C=O) groups is 2. The lowest BCUT2D eigenvalue weighted by molar-refractivity contribution is -0.135. The number of H-pyrrole nitrogens is 1. The Bertz CT molecular complexity index is 1770. The Balaban J connectivity index is 1.48. The Morgan fingerprint density at radius 2 is 1.62 bits per heavy atom. The smallest absolute Gasteiger partial charge is 0.312 e. The Hall–Kier alpha value is -5.05. The summed E-state index contributed by atoms with van der Waals surface area (Å²) in [6, 6.07) is 15.6. The van der Waals surface area contributed by atoms with Gasteiger partial charge in [-0.25, -0.2) is 0 Å². The summed E-state index contributed by atoms with van der Waals surface area (Å²) in [6.45, 7) is 0. The molecule has 0 spiro atoms. The molecule has 2 aliphatic rings. The van der Waals surface area contributed by atoms with Crippen molar-refractivity contribution in [1.82, 2.24) is 4.98 Å². The molecule has 9 nitrogen and oxygen atoms in total. The molecule has 9 heteroatoms. The molecule has 0 aliphatic carbocycles. The first-order valence-electron chi connectivity index (χ1n) is 12.2. The second-order valence-electron chi connectivity index (χ2n) is 9.11. The number of Topliss-reactive ketones (excluding diaryl/α,β-unsaturated/α-hetero) is 1. The number of benzene rings is 3. The number of rotatable bonds is 5. The number of nitrogens with one attached hydrogen (secondary N) is 1. The van der Waals surface area contributed by atoms with E-state index in [0.717, 1.165) is 5.39 Å². The quantitative estimate of drug-likeness (QED) is 0.228. The van der Waals surface area contributed by atoms with Crippen LogP contribution >= 0.6 is 0 Å². The van der Waals surface area contributed by atoms with Crippen molar-refractivity contribution in [2.24, 2.45) is 0 Å². The molecule has 0 radical (unpaired) electrons. The molecule has 0 saturated heterocycles. The van der Waals surface area contributed by atoms with Gasteiger partial charge in [-0.05, 0) is 41.8 Å². The maximum absolute atomic E-state index is 13.4. The Morgan fingerprint density at radius 1 is 0.872 bits per heavy atom. The van der Waals surface area contributed by atoms with Crippen molar-refractivity contribution in [2.45, 2.75) is 12.3 Å². The third-order valence-electron chi connectivity index (χ3n) is 6.96. The fraction of sp³-hybridized carbons (Fsp3) is 0.167. The van der Waals surface area contributed by atoms with E-state index in [9.17, 15) is 14.4 Å². The Morgan fingerprint density at radius 3 is 2.38 bits per heavy atom. The van der Waals surface area contributed by atoms with Gasteiger partial charge in [-0.3, -0.25) is 14.4 Å². The van der Waals surface area contributed by atoms with E-state index in [1.54, 1.807) is 36.4 Å². The van der Waals surface area contributed by atoms with Gasteiger partial charge in [0.2, 0.25) is 5.78 Å². The fourth-order valence-electron chi connectivity index (χ4n) is 5.10. The predicted octanol–water partition coefficient (Wildman–Crippen LogP) is 4.61. The van der Waals surface area contributed by atoms with Crippen molar-refractivity contribution in [3.8, 4) is 28.7 Å². The van der Waals surface area contributed by atoms with Gasteiger partial charge >= 0.3 is 5.97 Å². The zero-order chi connectivity index (χ0) is 27.3. The molecular weight excluding hydrogens is 502 g/mol. The van der Waals surface area contributed by atoms with Crippen LogP contribution in [0.25, 0.3) is 17.0 Å². The van der Waals surface area contributed by atoms with Gasteiger partial charge in [0.05, 0.1) is 33.3 Å². The number of methoxy groups -OCH3 is 3. The first kappa shape index (κ1) is 24.3. The molecule has 1 atom stereocenters. The number of hydrogen-bond acceptors (Lipinski definition) is 8. The molecule has 0 saturated carbocycles. The first-order valence-corrected chi connectivity index (χ1v) is 12.2. The summed E-state index contributed by atoms with van der Waals surface area (Å²) < 4.78 is 27.9. The minimum absolute atomic E-state index is 0.0481. The summed E-state index contributed by atoms with van der Waals surface area (Å²) in [5, 5.41) is 0.818. The molecule has 1 aromatic heterocycles. The Labute approximate surface area is 222 Å². The molecule has 1 unspecified atom stereocenters. The van der Waals surface area contributed by atoms with Crippen molar-refractivity contribution in [2.75, 3.05) is 21.3 Å². The number of esters is 1. The van der Waals surface area contributed by atoms with Crippen LogP contribution < -0.4 is 29.2 Å². The molecule has 3 heterocycles. The highest BCUT2D eigenvalue weighted by Crippen LogP contribution is 2.49. The monoisotopic (exact) mass is 525 g/mol. The topological polar surface area (TPSA) is 113 Å². The number of pyridine rings is 1. The number of aromatic nitrogens is 1. The zero-order valence-corrected chi connectivity index (χ0v) is 21.3. The standard InChI is InChI=1S/C30H23NO8/c1-35-22-14-24(37-3)23(36-2)11-16(22)12-25-28(33)17-8-9-21-27(29(17)39-25)18(13-26(32)38-21)19-10-15-6-4-5-7-20(15)31-30(19)34/h4-12,14,18H,13H2,1-3H3,(H,31,34)/b25-12+. The van der Waals surface area contributed by atoms with Gasteiger partial charge in [-0.15, -0.1) is 0 Å². The lowest BCUT2D eigenvalue weighted by Crippen LogP contribution is -2.26. The van der Waals surface area contributed by atoms with Crippen molar-refractivity contribution >= 4 is 28.7 Å². The van der Waals surface area contributed by atoms with Crippen molar-refractivity contribution in [3.63, 3.8) is 0 Å². The van der Waals surface area contributed by atoms with E-state index in [2.05, 4.69) is 4.98 Å². The molecule has 4 aromatic rings. The highest BCUT2D eigenvalue weighted by Gasteiger charge is 2.39. The molecule has 3 aromatic carbocycles. The van der Waals surface area contributed by atoms with E-state index in [1.165, 1.54) is 21.3 Å². The van der Waals surface area contributed by atoms with Gasteiger partial charge in [0.15, 0.2) is 17.3 Å². The lowest BCUT2D eigenvalue weighted by Gasteiger charge is -2.26. The van der Waals surface area contributed by atoms with Crippen LogP contribution in [0.1, 0.15) is 39.4 Å². The summed E-state index contributed by atoms with van der Waals surface area (Å²) in [7, 11) is 4.53. The van der Waals surface area contributed by atoms with Gasteiger partial charge in [0.1, 0.15) is 17.2 Å². The number of allylic oxidation sites excluding steroid dienone is 1. The molecule has 1 N–H and O–H groups in total. The predicted molar refractivity (Wildman–Crippen MR) is 142 cm³/mol. The largest absolute Gasteiger partial charge is 0.496 e. The van der Waals surface area contributed by atoms with Gasteiger partial charge in [-0.2, -0.15) is 0 Å². The minimum atomic E-state index is -0.674. The lowest BCUT2D eigenvalue weighted by atomic mass is 9.85. The van der Waals surface area contributed by atoms with E-state index >= 15 is 0 Å². The number of hydrogen-bond donors (Lipinski definition) is 1. The minimum Gasteiger partial charge on any atom is -0.496 e. The maximum Gasteiger partial charge on any atom is 0.312 e. The highest BCUT2D eigenvalue weighted by atomic mass is 16.5. The van der Waals surface area contributed by atoms with Crippen LogP contribution in [0.2, 0.25) is 0 Å². The van der Waals surface area contributed by atoms with Crippen LogP contribution in [0.4, 0.5) is 0 Å². The highest BCUT2D eigenvalue weighted by molar-refractivity contribution is 6.15. The number of aromatic amines is 1. The van der Waals surface area contributed by atoms with Crippen LogP contribution in [-0.4, -0.2) is 38.1 Å². The number of para-hydroxylation sites is 1. The normalized spacial score (nSPS) is 16.9. The SMILES string of the molecule is COc1cc(OC)c(OC)cc1/C=C1/Oc2c(ccc3c2C(c2cc4ccccc4[nH]c2=O)CC(=O)O3)C1=O. The van der Waals surface area contributed by atoms with E-state index in [1.807, 2.05) is 24.3 Å². The second-order valence-corrected chi connectivity index (χ2v) is 9.11. The van der Waals surface area contributed by atoms with Gasteiger partial charge in [-0.1, -0.05) is 18.2 Å². The van der Waals surface area contributed by atoms with Crippen LogP contribution in [0.5, 0.6) is 28.7 Å². The Kier molecular flexibility index (Phi) is 5.83. The fourth-order valence-corrected chi connectivity index (χ4v) is 5.10. The van der Waals surface area contributed by atoms with Crippen LogP contribution in [-0.2, 0) is 4.79 Å². The summed E-state index contributed by atoms with van der Waals surface area (Å²) in [5.41, 5.74) is 2.06. The molecule has 0 amide bonds. The van der Waals surface area contributed by atoms with Crippen molar-refractivity contribution in [3.05, 3.63) is 93.0 Å². The number of carbonyl (C=O) groups excluding carboxylic acids is 2. The maximum atomic E-state index is 13.4. The molecule has 0 fully saturated rings. The molecule has 6 rings (SSSR count). The summed E-state index contributed by atoms with van der Waals surface area (Å²) >= 11 is 0. The number of fused-ring (bicyclic) bond motifs is 4. The van der Waals surface area contributed by atoms with Crippen molar-refractivity contribution in [1.29, 1.82) is 0 Å². The molecule has 2 aliphatic heterocycles. The molecule has 39 heavy (non-hydrogen) atoms. The van der Waals surface area contributed by atoms with Gasteiger partial charge in [0, 0.05) is 34.2 Å². The van der Waals surface area contributed by atoms with Gasteiger partial charge in [0.25, 0.3) is 5.56 Å². The first-order chi connectivity index (χ1) is 18.9. The molecular formula is C30H23NO8. The third-order valence-corrected chi connectivity index (χ3v) is 6.96. The van der Waals surface area contributed by atoms with E-state index < -0.39 is 11.9 Å². The second kappa shape index (κ2) is 9.36. The van der Waals surface area contributed by atoms with Crippen molar-refractivity contribution < 1.29 is 33.3 Å².